The molecule has 0 amide bonds. The van der Waals surface area contributed by atoms with Gasteiger partial charge < -0.3 is 15.2 Å². The van der Waals surface area contributed by atoms with Crippen molar-refractivity contribution in [2.75, 3.05) is 7.11 Å². The zero-order chi connectivity index (χ0) is 13.7. The molecule has 1 saturated carbocycles. The summed E-state index contributed by atoms with van der Waals surface area (Å²) in [6, 6.07) is 6.31. The molecular weight excluding hydrogens is 238 g/mol. The molecule has 106 valence electrons. The van der Waals surface area contributed by atoms with E-state index in [1.807, 2.05) is 19.1 Å². The summed E-state index contributed by atoms with van der Waals surface area (Å²) in [5.74, 6) is 1.69. The van der Waals surface area contributed by atoms with Crippen LogP contribution in [0.15, 0.2) is 18.2 Å². The third kappa shape index (κ3) is 4.13. The van der Waals surface area contributed by atoms with E-state index in [-0.39, 0.29) is 6.04 Å². The van der Waals surface area contributed by atoms with Crippen LogP contribution in [0.2, 0.25) is 0 Å². The molecule has 1 fully saturated rings. The molecule has 0 saturated heterocycles. The minimum atomic E-state index is 0.162. The Kier molecular flexibility index (Phi) is 5.08. The SMILES string of the molecule is COc1cc(CC(C)N)ccc1OC1CCCCC1. The first-order valence-electron chi connectivity index (χ1n) is 7.28. The lowest BCUT2D eigenvalue weighted by Crippen LogP contribution is -2.20. The summed E-state index contributed by atoms with van der Waals surface area (Å²) in [6.07, 6.45) is 7.41. The molecule has 1 aromatic carbocycles. The van der Waals surface area contributed by atoms with Gasteiger partial charge in [0.05, 0.1) is 13.2 Å². The predicted octanol–water partition coefficient (Wildman–Crippen LogP) is 3.30. The van der Waals surface area contributed by atoms with Crippen LogP contribution in [0, 0.1) is 0 Å². The maximum atomic E-state index is 6.08. The number of ether oxygens (including phenoxy) is 2. The Morgan fingerprint density at radius 2 is 1.95 bits per heavy atom. The van der Waals surface area contributed by atoms with Crippen molar-refractivity contribution >= 4 is 0 Å². The molecule has 2 rings (SSSR count). The third-order valence-electron chi connectivity index (χ3n) is 3.63. The van der Waals surface area contributed by atoms with Crippen molar-refractivity contribution in [2.24, 2.45) is 5.73 Å². The van der Waals surface area contributed by atoms with Gasteiger partial charge in [0.1, 0.15) is 0 Å². The van der Waals surface area contributed by atoms with Gasteiger partial charge in [0.15, 0.2) is 11.5 Å². The van der Waals surface area contributed by atoms with E-state index in [0.29, 0.717) is 6.10 Å². The first kappa shape index (κ1) is 14.2. The molecular formula is C16H25NO2. The van der Waals surface area contributed by atoms with Gasteiger partial charge in [-0.25, -0.2) is 0 Å². The van der Waals surface area contributed by atoms with Crippen molar-refractivity contribution in [3.63, 3.8) is 0 Å². The largest absolute Gasteiger partial charge is 0.493 e. The smallest absolute Gasteiger partial charge is 0.161 e. The number of hydrogen-bond acceptors (Lipinski definition) is 3. The van der Waals surface area contributed by atoms with Crippen molar-refractivity contribution in [2.45, 2.75) is 57.6 Å². The fraction of sp³-hybridized carbons (Fsp3) is 0.625. The van der Waals surface area contributed by atoms with Crippen LogP contribution in [0.5, 0.6) is 11.5 Å². The van der Waals surface area contributed by atoms with Gasteiger partial charge in [-0.05, 0) is 56.7 Å². The van der Waals surface area contributed by atoms with Gasteiger partial charge >= 0.3 is 0 Å². The molecule has 0 radical (unpaired) electrons. The Labute approximate surface area is 116 Å². The van der Waals surface area contributed by atoms with Gasteiger partial charge in [-0.1, -0.05) is 12.5 Å². The van der Waals surface area contributed by atoms with E-state index in [2.05, 4.69) is 6.07 Å². The molecule has 3 heteroatoms. The topological polar surface area (TPSA) is 44.5 Å². The van der Waals surface area contributed by atoms with Crippen molar-refractivity contribution in [1.82, 2.24) is 0 Å². The van der Waals surface area contributed by atoms with Crippen LogP contribution < -0.4 is 15.2 Å². The lowest BCUT2D eigenvalue weighted by Gasteiger charge is -2.24. The fourth-order valence-electron chi connectivity index (χ4n) is 2.67. The van der Waals surface area contributed by atoms with E-state index in [9.17, 15) is 0 Å². The minimum Gasteiger partial charge on any atom is -0.493 e. The fourth-order valence-corrected chi connectivity index (χ4v) is 2.67. The van der Waals surface area contributed by atoms with Gasteiger partial charge in [-0.3, -0.25) is 0 Å². The Bertz CT molecular complexity index is 398. The second-order valence-corrected chi connectivity index (χ2v) is 5.54. The van der Waals surface area contributed by atoms with Crippen LogP contribution in [0.1, 0.15) is 44.6 Å². The van der Waals surface area contributed by atoms with Crippen LogP contribution in [0.3, 0.4) is 0 Å². The summed E-state index contributed by atoms with van der Waals surface area (Å²) in [6.45, 7) is 2.01. The maximum absolute atomic E-state index is 6.08. The summed E-state index contributed by atoms with van der Waals surface area (Å²) in [7, 11) is 1.69. The average molecular weight is 263 g/mol. The van der Waals surface area contributed by atoms with Gasteiger partial charge in [-0.15, -0.1) is 0 Å². The predicted molar refractivity (Wildman–Crippen MR) is 77.8 cm³/mol. The number of hydrogen-bond donors (Lipinski definition) is 1. The molecule has 1 atom stereocenters. The second kappa shape index (κ2) is 6.80. The standard InChI is InChI=1S/C16H25NO2/c1-12(17)10-13-8-9-15(16(11-13)18-2)19-14-6-4-3-5-7-14/h8-9,11-12,14H,3-7,10,17H2,1-2H3. The Morgan fingerprint density at radius 3 is 2.58 bits per heavy atom. The Hall–Kier alpha value is -1.22. The molecule has 0 aromatic heterocycles. The van der Waals surface area contributed by atoms with Gasteiger partial charge in [0, 0.05) is 6.04 Å². The number of benzene rings is 1. The molecule has 19 heavy (non-hydrogen) atoms. The molecule has 2 N–H and O–H groups in total. The molecule has 0 aliphatic heterocycles. The number of nitrogens with two attached hydrogens (primary N) is 1. The highest BCUT2D eigenvalue weighted by molar-refractivity contribution is 5.43. The van der Waals surface area contributed by atoms with E-state index in [1.54, 1.807) is 7.11 Å². The van der Waals surface area contributed by atoms with Gasteiger partial charge in [0.25, 0.3) is 0 Å². The lowest BCUT2D eigenvalue weighted by molar-refractivity contribution is 0.149. The Balaban J connectivity index is 2.06. The van der Waals surface area contributed by atoms with E-state index < -0.39 is 0 Å². The minimum absolute atomic E-state index is 0.162. The molecule has 3 nitrogen and oxygen atoms in total. The summed E-state index contributed by atoms with van der Waals surface area (Å²) >= 11 is 0. The highest BCUT2D eigenvalue weighted by atomic mass is 16.5. The maximum Gasteiger partial charge on any atom is 0.161 e. The monoisotopic (exact) mass is 263 g/mol. The van der Waals surface area contributed by atoms with Gasteiger partial charge in [-0.2, -0.15) is 0 Å². The average Bonchev–Trinajstić information content (AvgIpc) is 2.41. The van der Waals surface area contributed by atoms with Crippen molar-refractivity contribution in [3.05, 3.63) is 23.8 Å². The molecule has 1 aromatic rings. The molecule has 0 bridgehead atoms. The number of methoxy groups -OCH3 is 1. The van der Waals surface area contributed by atoms with Crippen molar-refractivity contribution < 1.29 is 9.47 Å². The van der Waals surface area contributed by atoms with Crippen molar-refractivity contribution in [3.8, 4) is 11.5 Å². The summed E-state index contributed by atoms with van der Waals surface area (Å²) in [5, 5.41) is 0. The zero-order valence-electron chi connectivity index (χ0n) is 12.0. The van der Waals surface area contributed by atoms with Crippen LogP contribution in [-0.2, 0) is 6.42 Å². The van der Waals surface area contributed by atoms with Crippen LogP contribution in [0.4, 0.5) is 0 Å². The molecule has 1 aliphatic rings. The summed E-state index contributed by atoms with van der Waals surface area (Å²) in [5.41, 5.74) is 7.03. The summed E-state index contributed by atoms with van der Waals surface area (Å²) < 4.78 is 11.5. The van der Waals surface area contributed by atoms with E-state index in [1.165, 1.54) is 24.8 Å². The molecule has 0 spiro atoms. The normalized spacial score (nSPS) is 18.1. The first-order valence-corrected chi connectivity index (χ1v) is 7.28. The molecule has 0 heterocycles. The molecule has 1 unspecified atom stereocenters. The van der Waals surface area contributed by atoms with E-state index in [0.717, 1.165) is 30.8 Å². The highest BCUT2D eigenvalue weighted by Gasteiger charge is 2.17. The number of rotatable bonds is 5. The van der Waals surface area contributed by atoms with E-state index >= 15 is 0 Å². The zero-order valence-corrected chi connectivity index (χ0v) is 12.0. The first-order chi connectivity index (χ1) is 9.19. The van der Waals surface area contributed by atoms with Crippen molar-refractivity contribution in [1.29, 1.82) is 0 Å². The lowest BCUT2D eigenvalue weighted by atomic mass is 9.98. The van der Waals surface area contributed by atoms with Gasteiger partial charge in [0.2, 0.25) is 0 Å². The quantitative estimate of drug-likeness (QED) is 0.886. The third-order valence-corrected chi connectivity index (χ3v) is 3.63. The van der Waals surface area contributed by atoms with Crippen LogP contribution in [-0.4, -0.2) is 19.3 Å². The van der Waals surface area contributed by atoms with Crippen LogP contribution >= 0.6 is 0 Å². The second-order valence-electron chi connectivity index (χ2n) is 5.54. The van der Waals surface area contributed by atoms with E-state index in [4.69, 9.17) is 15.2 Å². The summed E-state index contributed by atoms with van der Waals surface area (Å²) in [4.78, 5) is 0. The van der Waals surface area contributed by atoms with Crippen LogP contribution in [0.25, 0.3) is 0 Å². The molecule has 1 aliphatic carbocycles. The Morgan fingerprint density at radius 1 is 1.21 bits per heavy atom. The highest BCUT2D eigenvalue weighted by Crippen LogP contribution is 2.32.